The van der Waals surface area contributed by atoms with Gasteiger partial charge < -0.3 is 5.11 Å². The van der Waals surface area contributed by atoms with Crippen molar-refractivity contribution in [2.75, 3.05) is 0 Å². The zero-order valence-electron chi connectivity index (χ0n) is 9.02. The Morgan fingerprint density at radius 1 is 0.938 bits per heavy atom. The summed E-state index contributed by atoms with van der Waals surface area (Å²) in [5.41, 5.74) is 2.95. The summed E-state index contributed by atoms with van der Waals surface area (Å²) in [6, 6.07) is 17.6. The Bertz CT molecular complexity index is 477. The van der Waals surface area contributed by atoms with Crippen molar-refractivity contribution in [2.24, 2.45) is 0 Å². The van der Waals surface area contributed by atoms with Crippen LogP contribution in [0.3, 0.4) is 0 Å². The first-order valence-corrected chi connectivity index (χ1v) is 6.23. The highest BCUT2D eigenvalue weighted by Crippen LogP contribution is 2.37. The third-order valence-corrected chi connectivity index (χ3v) is 3.86. The molecule has 0 spiro atoms. The number of benzene rings is 2. The second-order valence-corrected chi connectivity index (χ2v) is 5.36. The molecule has 2 heteroatoms. The van der Waals surface area contributed by atoms with Crippen molar-refractivity contribution in [3.8, 4) is 0 Å². The average Bonchev–Trinajstić information content (AvgIpc) is 2.30. The molecule has 0 aromatic heterocycles. The highest BCUT2D eigenvalue weighted by molar-refractivity contribution is 14.1. The lowest BCUT2D eigenvalue weighted by molar-refractivity contribution is 0.200. The summed E-state index contributed by atoms with van der Waals surface area (Å²) in [5.74, 6) is 0. The number of alkyl halides is 1. The molecule has 0 fully saturated rings. The van der Waals surface area contributed by atoms with Crippen LogP contribution in [0.2, 0.25) is 0 Å². The van der Waals surface area contributed by atoms with Crippen molar-refractivity contribution in [3.63, 3.8) is 0 Å². The van der Waals surface area contributed by atoms with Gasteiger partial charge in [0, 0.05) is 5.56 Å². The van der Waals surface area contributed by atoms with Crippen molar-refractivity contribution >= 4 is 22.6 Å². The lowest BCUT2D eigenvalue weighted by atomic mass is 9.98. The zero-order valence-corrected chi connectivity index (χ0v) is 11.2. The van der Waals surface area contributed by atoms with Gasteiger partial charge in [-0.15, -0.1) is 0 Å². The van der Waals surface area contributed by atoms with Crippen LogP contribution in [0.4, 0.5) is 0 Å². The van der Waals surface area contributed by atoms with Gasteiger partial charge in [0.2, 0.25) is 0 Å². The van der Waals surface area contributed by atoms with Gasteiger partial charge in [-0.25, -0.2) is 0 Å². The second kappa shape index (κ2) is 4.55. The van der Waals surface area contributed by atoms with E-state index in [1.165, 1.54) is 0 Å². The highest BCUT2D eigenvalue weighted by Gasteiger charge is 2.28. The molecular formula is C14H13IO. The Kier molecular flexibility index (Phi) is 3.30. The van der Waals surface area contributed by atoms with Crippen LogP contribution in [0, 0.1) is 6.92 Å². The first-order chi connectivity index (χ1) is 7.62. The van der Waals surface area contributed by atoms with Crippen LogP contribution in [-0.4, -0.2) is 5.11 Å². The standard InChI is InChI=1S/C14H13IO/c1-11-7-5-6-10-13(11)14(15,16)12-8-3-2-4-9-12/h2-10,16H,1H3. The predicted octanol–water partition coefficient (Wildman–Crippen LogP) is 3.62. The Balaban J connectivity index is 2.51. The molecule has 1 N–H and O–H groups in total. The van der Waals surface area contributed by atoms with Gasteiger partial charge >= 0.3 is 0 Å². The number of hydrogen-bond donors (Lipinski definition) is 1. The van der Waals surface area contributed by atoms with Crippen molar-refractivity contribution in [2.45, 2.75) is 10.5 Å². The van der Waals surface area contributed by atoms with E-state index in [-0.39, 0.29) is 0 Å². The lowest BCUT2D eigenvalue weighted by Gasteiger charge is -2.24. The Labute approximate surface area is 109 Å². The Hall–Kier alpha value is -0.870. The van der Waals surface area contributed by atoms with E-state index < -0.39 is 3.61 Å². The van der Waals surface area contributed by atoms with E-state index in [1.807, 2.05) is 61.5 Å². The van der Waals surface area contributed by atoms with E-state index in [4.69, 9.17) is 0 Å². The van der Waals surface area contributed by atoms with Gasteiger partial charge in [0.1, 0.15) is 0 Å². The van der Waals surface area contributed by atoms with Gasteiger partial charge in [0.15, 0.2) is 3.61 Å². The van der Waals surface area contributed by atoms with Crippen molar-refractivity contribution in [3.05, 3.63) is 71.3 Å². The van der Waals surface area contributed by atoms with E-state index in [9.17, 15) is 5.11 Å². The van der Waals surface area contributed by atoms with Gasteiger partial charge in [0.05, 0.1) is 0 Å². The van der Waals surface area contributed by atoms with E-state index >= 15 is 0 Å². The topological polar surface area (TPSA) is 20.2 Å². The molecule has 2 aromatic carbocycles. The minimum Gasteiger partial charge on any atom is -0.371 e. The Morgan fingerprint density at radius 2 is 1.50 bits per heavy atom. The minimum atomic E-state index is -0.954. The monoisotopic (exact) mass is 324 g/mol. The summed E-state index contributed by atoms with van der Waals surface area (Å²) in [7, 11) is 0. The fourth-order valence-electron chi connectivity index (χ4n) is 1.76. The molecule has 1 atom stereocenters. The normalized spacial score (nSPS) is 14.4. The molecule has 0 amide bonds. The van der Waals surface area contributed by atoms with Crippen LogP contribution in [0.1, 0.15) is 16.7 Å². The maximum Gasteiger partial charge on any atom is 0.166 e. The summed E-state index contributed by atoms with van der Waals surface area (Å²) in [5, 5.41) is 10.6. The first kappa shape index (κ1) is 11.6. The molecule has 1 nitrogen and oxygen atoms in total. The quantitative estimate of drug-likeness (QED) is 0.661. The number of hydrogen-bond acceptors (Lipinski definition) is 1. The summed E-state index contributed by atoms with van der Waals surface area (Å²) in [6.45, 7) is 2.02. The number of rotatable bonds is 2. The predicted molar refractivity (Wildman–Crippen MR) is 74.6 cm³/mol. The third-order valence-electron chi connectivity index (χ3n) is 2.66. The van der Waals surface area contributed by atoms with E-state index in [0.717, 1.165) is 16.7 Å². The second-order valence-electron chi connectivity index (χ2n) is 3.80. The van der Waals surface area contributed by atoms with Crippen LogP contribution in [-0.2, 0) is 3.61 Å². The third kappa shape index (κ3) is 2.13. The van der Waals surface area contributed by atoms with Crippen LogP contribution in [0.25, 0.3) is 0 Å². The summed E-state index contributed by atoms with van der Waals surface area (Å²) in [4.78, 5) is 0. The summed E-state index contributed by atoms with van der Waals surface area (Å²) in [6.07, 6.45) is 0. The van der Waals surface area contributed by atoms with E-state index in [0.29, 0.717) is 0 Å². The largest absolute Gasteiger partial charge is 0.371 e. The SMILES string of the molecule is Cc1ccccc1C(O)(I)c1ccccc1. The number of aliphatic hydroxyl groups is 1. The lowest BCUT2D eigenvalue weighted by Crippen LogP contribution is -2.19. The van der Waals surface area contributed by atoms with Gasteiger partial charge in [-0.05, 0) is 40.6 Å². The molecule has 16 heavy (non-hydrogen) atoms. The van der Waals surface area contributed by atoms with Crippen molar-refractivity contribution < 1.29 is 5.11 Å². The fourth-order valence-corrected chi connectivity index (χ4v) is 2.72. The van der Waals surface area contributed by atoms with Crippen LogP contribution in [0.15, 0.2) is 54.6 Å². The molecule has 0 heterocycles. The highest BCUT2D eigenvalue weighted by atomic mass is 127. The minimum absolute atomic E-state index is 0.907. The Morgan fingerprint density at radius 3 is 2.12 bits per heavy atom. The summed E-state index contributed by atoms with van der Waals surface area (Å²) < 4.78 is -0.954. The molecule has 0 bridgehead atoms. The molecule has 0 aliphatic heterocycles. The van der Waals surface area contributed by atoms with Crippen molar-refractivity contribution in [1.29, 1.82) is 0 Å². The smallest absolute Gasteiger partial charge is 0.166 e. The zero-order chi connectivity index (χ0) is 11.6. The molecule has 0 saturated carbocycles. The van der Waals surface area contributed by atoms with Crippen LogP contribution in [0.5, 0.6) is 0 Å². The number of halogens is 1. The molecule has 0 aliphatic rings. The van der Waals surface area contributed by atoms with Crippen LogP contribution < -0.4 is 0 Å². The van der Waals surface area contributed by atoms with Crippen LogP contribution >= 0.6 is 22.6 Å². The molecule has 82 valence electrons. The van der Waals surface area contributed by atoms with E-state index in [2.05, 4.69) is 22.6 Å². The first-order valence-electron chi connectivity index (χ1n) is 5.15. The average molecular weight is 324 g/mol. The molecular weight excluding hydrogens is 311 g/mol. The molecule has 0 aliphatic carbocycles. The molecule has 2 rings (SSSR count). The van der Waals surface area contributed by atoms with Crippen molar-refractivity contribution in [1.82, 2.24) is 0 Å². The maximum atomic E-state index is 10.6. The van der Waals surface area contributed by atoms with Gasteiger partial charge in [-0.2, -0.15) is 0 Å². The van der Waals surface area contributed by atoms with E-state index in [1.54, 1.807) is 0 Å². The number of aryl methyl sites for hydroxylation is 1. The fraction of sp³-hybridized carbons (Fsp3) is 0.143. The molecule has 2 aromatic rings. The molecule has 0 radical (unpaired) electrons. The maximum absolute atomic E-state index is 10.6. The van der Waals surface area contributed by atoms with Gasteiger partial charge in [-0.3, -0.25) is 0 Å². The molecule has 1 unspecified atom stereocenters. The summed E-state index contributed by atoms with van der Waals surface area (Å²) >= 11 is 2.09. The molecule has 0 saturated heterocycles. The van der Waals surface area contributed by atoms with Gasteiger partial charge in [0.25, 0.3) is 0 Å². The van der Waals surface area contributed by atoms with Gasteiger partial charge in [-0.1, -0.05) is 54.6 Å².